The lowest BCUT2D eigenvalue weighted by atomic mass is 10.0. The van der Waals surface area contributed by atoms with Gasteiger partial charge in [-0.05, 0) is 24.6 Å². The fourth-order valence-corrected chi connectivity index (χ4v) is 2.07. The molecule has 21 heavy (non-hydrogen) atoms. The van der Waals surface area contributed by atoms with Crippen LogP contribution in [0.15, 0.2) is 35.4 Å². The van der Waals surface area contributed by atoms with Crippen molar-refractivity contribution in [2.24, 2.45) is 5.92 Å². The van der Waals surface area contributed by atoms with Gasteiger partial charge in [-0.25, -0.2) is 0 Å². The number of hydrogen-bond donors (Lipinski definition) is 1. The summed E-state index contributed by atoms with van der Waals surface area (Å²) < 4.78 is 1.61. The Morgan fingerprint density at radius 2 is 2.05 bits per heavy atom. The molecular formula is C16H19N3O2. The highest BCUT2D eigenvalue weighted by molar-refractivity contribution is 6.00. The molecule has 0 saturated carbocycles. The standard InChI is InChI=1S/C16H19N3O2/c1-4-19-9-11(5-6-14(19)20)12-7-13(17)15(18-8-12)16(21)10(2)3/h5-10H,4,17H2,1-3H3. The number of hydrogen-bond acceptors (Lipinski definition) is 4. The summed E-state index contributed by atoms with van der Waals surface area (Å²) in [5.41, 5.74) is 8.20. The molecule has 0 aliphatic carbocycles. The van der Waals surface area contributed by atoms with E-state index in [2.05, 4.69) is 4.98 Å². The molecule has 0 spiro atoms. The minimum absolute atomic E-state index is 0.0474. The lowest BCUT2D eigenvalue weighted by molar-refractivity contribution is 0.0935. The summed E-state index contributed by atoms with van der Waals surface area (Å²) >= 11 is 0. The number of carbonyl (C=O) groups is 1. The molecule has 0 unspecified atom stereocenters. The van der Waals surface area contributed by atoms with Crippen LogP contribution in [0.25, 0.3) is 11.1 Å². The quantitative estimate of drug-likeness (QED) is 0.875. The van der Waals surface area contributed by atoms with Crippen molar-refractivity contribution >= 4 is 11.5 Å². The smallest absolute Gasteiger partial charge is 0.250 e. The molecule has 5 heteroatoms. The van der Waals surface area contributed by atoms with Gasteiger partial charge in [0, 0.05) is 36.5 Å². The first-order chi connectivity index (χ1) is 9.93. The molecule has 2 rings (SSSR count). The maximum Gasteiger partial charge on any atom is 0.250 e. The van der Waals surface area contributed by atoms with Gasteiger partial charge >= 0.3 is 0 Å². The first kappa shape index (κ1) is 15.0. The average molecular weight is 285 g/mol. The van der Waals surface area contributed by atoms with Crippen molar-refractivity contribution in [3.05, 3.63) is 46.6 Å². The Kier molecular flexibility index (Phi) is 4.21. The molecule has 0 aliphatic rings. The Morgan fingerprint density at radius 3 is 2.62 bits per heavy atom. The molecule has 2 aromatic rings. The van der Waals surface area contributed by atoms with Gasteiger partial charge in [-0.2, -0.15) is 0 Å². The van der Waals surface area contributed by atoms with E-state index in [4.69, 9.17) is 5.73 Å². The lowest BCUT2D eigenvalue weighted by Crippen LogP contribution is -2.17. The molecule has 2 aromatic heterocycles. The van der Waals surface area contributed by atoms with Crippen molar-refractivity contribution in [2.45, 2.75) is 27.3 Å². The lowest BCUT2D eigenvalue weighted by Gasteiger charge is -2.10. The third-order valence-electron chi connectivity index (χ3n) is 3.33. The first-order valence-electron chi connectivity index (χ1n) is 6.94. The molecule has 110 valence electrons. The second kappa shape index (κ2) is 5.91. The highest BCUT2D eigenvalue weighted by atomic mass is 16.1. The van der Waals surface area contributed by atoms with Gasteiger partial charge in [0.2, 0.25) is 0 Å². The number of nitrogens with two attached hydrogens (primary N) is 1. The third-order valence-corrected chi connectivity index (χ3v) is 3.33. The van der Waals surface area contributed by atoms with E-state index in [1.807, 2.05) is 20.8 Å². The molecule has 2 heterocycles. The molecule has 0 aliphatic heterocycles. The molecule has 5 nitrogen and oxygen atoms in total. The van der Waals surface area contributed by atoms with Crippen LogP contribution in [0.5, 0.6) is 0 Å². The van der Waals surface area contributed by atoms with Crippen molar-refractivity contribution in [1.29, 1.82) is 0 Å². The van der Waals surface area contributed by atoms with E-state index in [9.17, 15) is 9.59 Å². The molecule has 0 atom stereocenters. The Balaban J connectivity index is 2.45. The summed E-state index contributed by atoms with van der Waals surface area (Å²) in [6.07, 6.45) is 3.38. The summed E-state index contributed by atoms with van der Waals surface area (Å²) in [5, 5.41) is 0. The summed E-state index contributed by atoms with van der Waals surface area (Å²) in [4.78, 5) is 27.8. The summed E-state index contributed by atoms with van der Waals surface area (Å²) in [6, 6.07) is 4.97. The van der Waals surface area contributed by atoms with Crippen LogP contribution in [0.4, 0.5) is 5.69 Å². The van der Waals surface area contributed by atoms with Crippen LogP contribution in [-0.4, -0.2) is 15.3 Å². The van der Waals surface area contributed by atoms with E-state index >= 15 is 0 Å². The zero-order valence-electron chi connectivity index (χ0n) is 12.5. The van der Waals surface area contributed by atoms with Crippen LogP contribution in [0.2, 0.25) is 0 Å². The third kappa shape index (κ3) is 3.02. The predicted octanol–water partition coefficient (Wildman–Crippen LogP) is 2.35. The van der Waals surface area contributed by atoms with Crippen LogP contribution in [0, 0.1) is 5.92 Å². The Bertz CT molecular complexity index is 733. The Morgan fingerprint density at radius 1 is 1.33 bits per heavy atom. The summed E-state index contributed by atoms with van der Waals surface area (Å²) in [6.45, 7) is 6.13. The largest absolute Gasteiger partial charge is 0.397 e. The number of aryl methyl sites for hydroxylation is 1. The minimum Gasteiger partial charge on any atom is -0.397 e. The van der Waals surface area contributed by atoms with Crippen LogP contribution in [0.3, 0.4) is 0 Å². The zero-order chi connectivity index (χ0) is 15.6. The van der Waals surface area contributed by atoms with Gasteiger partial charge in [-0.15, -0.1) is 0 Å². The van der Waals surface area contributed by atoms with E-state index < -0.39 is 0 Å². The zero-order valence-corrected chi connectivity index (χ0v) is 12.5. The summed E-state index contributed by atoms with van der Waals surface area (Å²) in [5.74, 6) is -0.217. The number of ketones is 1. The van der Waals surface area contributed by atoms with Gasteiger partial charge in [0.05, 0.1) is 5.69 Å². The van der Waals surface area contributed by atoms with Crippen LogP contribution in [0.1, 0.15) is 31.3 Å². The topological polar surface area (TPSA) is 78.0 Å². The number of aromatic nitrogens is 2. The molecule has 0 aromatic carbocycles. The highest BCUT2D eigenvalue weighted by Crippen LogP contribution is 2.22. The number of rotatable bonds is 4. The van der Waals surface area contributed by atoms with Gasteiger partial charge in [-0.1, -0.05) is 13.8 Å². The van der Waals surface area contributed by atoms with Crippen molar-refractivity contribution < 1.29 is 4.79 Å². The minimum atomic E-state index is -0.146. The number of carbonyl (C=O) groups excluding carboxylic acids is 1. The van der Waals surface area contributed by atoms with Gasteiger partial charge in [-0.3, -0.25) is 14.6 Å². The number of pyridine rings is 2. The maximum absolute atomic E-state index is 12.0. The Hall–Kier alpha value is -2.43. The fourth-order valence-electron chi connectivity index (χ4n) is 2.07. The van der Waals surface area contributed by atoms with Crippen LogP contribution in [-0.2, 0) is 6.54 Å². The number of anilines is 1. The van der Waals surface area contributed by atoms with Gasteiger partial charge in [0.1, 0.15) is 5.69 Å². The Labute approximate surface area is 123 Å². The predicted molar refractivity (Wildman–Crippen MR) is 83.2 cm³/mol. The molecule has 2 N–H and O–H groups in total. The first-order valence-corrected chi connectivity index (χ1v) is 6.94. The van der Waals surface area contributed by atoms with Crippen molar-refractivity contribution in [3.8, 4) is 11.1 Å². The molecule has 0 bridgehead atoms. The number of Topliss-reactive ketones (excluding diaryl/α,β-unsaturated/α-hetero) is 1. The van der Waals surface area contributed by atoms with Crippen molar-refractivity contribution in [2.75, 3.05) is 5.73 Å². The van der Waals surface area contributed by atoms with Crippen LogP contribution >= 0.6 is 0 Å². The second-order valence-electron chi connectivity index (χ2n) is 5.22. The van der Waals surface area contributed by atoms with E-state index in [0.717, 1.165) is 11.1 Å². The van der Waals surface area contributed by atoms with Crippen molar-refractivity contribution in [3.63, 3.8) is 0 Å². The molecule has 0 saturated heterocycles. The van der Waals surface area contributed by atoms with E-state index in [1.165, 1.54) is 6.07 Å². The summed E-state index contributed by atoms with van der Waals surface area (Å²) in [7, 11) is 0. The average Bonchev–Trinajstić information content (AvgIpc) is 2.46. The molecule has 0 amide bonds. The highest BCUT2D eigenvalue weighted by Gasteiger charge is 2.16. The van der Waals surface area contributed by atoms with Gasteiger partial charge in [0.25, 0.3) is 5.56 Å². The SMILES string of the molecule is CCn1cc(-c2cnc(C(=O)C(C)C)c(N)c2)ccc1=O. The molecule has 0 fully saturated rings. The number of nitrogens with zero attached hydrogens (tertiary/aromatic N) is 2. The maximum atomic E-state index is 12.0. The van der Waals surface area contributed by atoms with E-state index in [1.54, 1.807) is 29.1 Å². The second-order valence-corrected chi connectivity index (χ2v) is 5.22. The van der Waals surface area contributed by atoms with Gasteiger partial charge in [0.15, 0.2) is 5.78 Å². The van der Waals surface area contributed by atoms with E-state index in [0.29, 0.717) is 17.9 Å². The fraction of sp³-hybridized carbons (Fsp3) is 0.312. The van der Waals surface area contributed by atoms with Crippen molar-refractivity contribution in [1.82, 2.24) is 9.55 Å². The number of nitrogen functional groups attached to an aromatic ring is 1. The van der Waals surface area contributed by atoms with E-state index in [-0.39, 0.29) is 17.3 Å². The monoisotopic (exact) mass is 285 g/mol. The molecule has 0 radical (unpaired) electrons. The normalized spacial score (nSPS) is 10.9. The van der Waals surface area contributed by atoms with Crippen LogP contribution < -0.4 is 11.3 Å². The molecular weight excluding hydrogens is 266 g/mol. The van der Waals surface area contributed by atoms with Gasteiger partial charge < -0.3 is 10.3 Å².